The van der Waals surface area contributed by atoms with Gasteiger partial charge in [0.25, 0.3) is 0 Å². The number of nitrogens with zero attached hydrogens (tertiary/aromatic N) is 1. The predicted octanol–water partition coefficient (Wildman–Crippen LogP) is 0.996. The number of Topliss-reactive ketones (excluding diaryl/α,β-unsaturated/α-hetero) is 1. The van der Waals surface area contributed by atoms with Crippen molar-refractivity contribution in [1.29, 1.82) is 0 Å². The molecule has 1 heterocycles. The molecule has 0 unspecified atom stereocenters. The molecule has 1 aromatic carbocycles. The molecule has 0 aliphatic carbocycles. The molecule has 9 heteroatoms. The molecule has 1 fully saturated rings. The van der Waals surface area contributed by atoms with E-state index >= 15 is 0 Å². The molecule has 180 valence electrons. The van der Waals surface area contributed by atoms with E-state index in [1.54, 1.807) is 0 Å². The Bertz CT molecular complexity index is 857. The normalized spacial score (nSPS) is 19.6. The lowest BCUT2D eigenvalue weighted by Gasteiger charge is -2.30. The molecular formula is C24H33N3O6. The number of rotatable bonds is 11. The van der Waals surface area contributed by atoms with E-state index in [1.165, 1.54) is 18.7 Å². The van der Waals surface area contributed by atoms with Crippen LogP contribution in [0, 0.1) is 5.92 Å². The Labute approximate surface area is 194 Å². The number of ether oxygens (including phenoxy) is 1. The summed E-state index contributed by atoms with van der Waals surface area (Å²) in [6, 6.07) is 6.88. The highest BCUT2D eigenvalue weighted by molar-refractivity contribution is 5.93. The van der Waals surface area contributed by atoms with E-state index in [0.717, 1.165) is 5.56 Å². The molecule has 0 radical (unpaired) electrons. The maximum atomic E-state index is 13.3. The molecule has 0 bridgehead atoms. The van der Waals surface area contributed by atoms with Crippen molar-refractivity contribution in [1.82, 2.24) is 15.5 Å². The van der Waals surface area contributed by atoms with Crippen molar-refractivity contribution in [3.8, 4) is 0 Å². The Morgan fingerprint density at radius 3 is 2.33 bits per heavy atom. The Morgan fingerprint density at radius 2 is 1.79 bits per heavy atom. The van der Waals surface area contributed by atoms with E-state index in [-0.39, 0.29) is 42.9 Å². The summed E-state index contributed by atoms with van der Waals surface area (Å²) >= 11 is 0. The number of benzene rings is 1. The molecule has 9 nitrogen and oxygen atoms in total. The van der Waals surface area contributed by atoms with Gasteiger partial charge in [0, 0.05) is 26.3 Å². The lowest BCUT2D eigenvalue weighted by molar-refractivity contribution is -0.142. The van der Waals surface area contributed by atoms with Gasteiger partial charge < -0.3 is 25.1 Å². The Morgan fingerprint density at radius 1 is 1.12 bits per heavy atom. The zero-order chi connectivity index (χ0) is 24.5. The molecule has 2 rings (SSSR count). The van der Waals surface area contributed by atoms with Gasteiger partial charge in [-0.1, -0.05) is 44.2 Å². The third-order valence-corrected chi connectivity index (χ3v) is 5.47. The summed E-state index contributed by atoms with van der Waals surface area (Å²) in [4.78, 5) is 62.1. The molecule has 2 N–H and O–H groups in total. The molecule has 1 aliphatic heterocycles. The fourth-order valence-corrected chi connectivity index (χ4v) is 3.83. The van der Waals surface area contributed by atoms with E-state index < -0.39 is 30.1 Å². The van der Waals surface area contributed by atoms with Gasteiger partial charge in [0.2, 0.25) is 17.7 Å². The van der Waals surface area contributed by atoms with Gasteiger partial charge >= 0.3 is 0 Å². The average Bonchev–Trinajstić information content (AvgIpc) is 3.19. The Kier molecular flexibility index (Phi) is 9.72. The first kappa shape index (κ1) is 26.2. The zero-order valence-electron chi connectivity index (χ0n) is 19.6. The number of amides is 3. The van der Waals surface area contributed by atoms with E-state index in [4.69, 9.17) is 4.74 Å². The van der Waals surface area contributed by atoms with Gasteiger partial charge in [0.1, 0.15) is 24.2 Å². The van der Waals surface area contributed by atoms with Crippen molar-refractivity contribution in [2.24, 2.45) is 5.92 Å². The largest absolute Gasteiger partial charge is 0.372 e. The van der Waals surface area contributed by atoms with Crippen LogP contribution in [0.2, 0.25) is 0 Å². The van der Waals surface area contributed by atoms with E-state index in [9.17, 15) is 24.0 Å². The number of likely N-dealkylation sites (tertiary alicyclic amines) is 1. The van der Waals surface area contributed by atoms with Crippen LogP contribution < -0.4 is 10.6 Å². The van der Waals surface area contributed by atoms with Crippen LogP contribution in [0.3, 0.4) is 0 Å². The summed E-state index contributed by atoms with van der Waals surface area (Å²) in [5.41, 5.74) is 0.962. The van der Waals surface area contributed by atoms with Gasteiger partial charge in [0.05, 0.1) is 18.8 Å². The number of carbonyl (C=O) groups is 5. The van der Waals surface area contributed by atoms with Crippen LogP contribution in [0.15, 0.2) is 30.3 Å². The highest BCUT2D eigenvalue weighted by atomic mass is 16.5. The number of aldehydes is 1. The van der Waals surface area contributed by atoms with Gasteiger partial charge in [-0.3, -0.25) is 19.2 Å². The molecule has 3 amide bonds. The quantitative estimate of drug-likeness (QED) is 0.476. The summed E-state index contributed by atoms with van der Waals surface area (Å²) < 4.78 is 5.98. The minimum atomic E-state index is -0.965. The van der Waals surface area contributed by atoms with Crippen molar-refractivity contribution in [2.45, 2.75) is 71.4 Å². The number of carbonyl (C=O) groups excluding carboxylic acids is 5. The van der Waals surface area contributed by atoms with Crippen LogP contribution >= 0.6 is 0 Å². The highest BCUT2D eigenvalue weighted by Crippen LogP contribution is 2.24. The van der Waals surface area contributed by atoms with E-state index in [2.05, 4.69) is 10.6 Å². The van der Waals surface area contributed by atoms with Gasteiger partial charge in [-0.25, -0.2) is 0 Å². The lowest BCUT2D eigenvalue weighted by Crippen LogP contribution is -2.56. The van der Waals surface area contributed by atoms with Gasteiger partial charge in [-0.05, 0) is 18.4 Å². The molecule has 0 spiro atoms. The summed E-state index contributed by atoms with van der Waals surface area (Å²) in [6.07, 6.45) is 0.223. The van der Waals surface area contributed by atoms with Gasteiger partial charge in [0.15, 0.2) is 0 Å². The Balaban J connectivity index is 2.20. The summed E-state index contributed by atoms with van der Waals surface area (Å²) in [5, 5.41) is 5.23. The van der Waals surface area contributed by atoms with Crippen molar-refractivity contribution in [3.05, 3.63) is 35.9 Å². The predicted molar refractivity (Wildman–Crippen MR) is 121 cm³/mol. The van der Waals surface area contributed by atoms with Gasteiger partial charge in [-0.2, -0.15) is 0 Å². The number of hydrogen-bond donors (Lipinski definition) is 2. The SMILES string of the molecule is CC(=O)C[C@@H](C=O)NC(=O)[C@@H]1C[C@@H](OCc2ccccc2)CN1C(=O)[C@@H](NC(C)=O)C(C)C. The van der Waals surface area contributed by atoms with Crippen LogP contribution in [0.4, 0.5) is 0 Å². The van der Waals surface area contributed by atoms with Gasteiger partial charge in [-0.15, -0.1) is 0 Å². The maximum absolute atomic E-state index is 13.3. The second kappa shape index (κ2) is 12.2. The molecular weight excluding hydrogens is 426 g/mol. The summed E-state index contributed by atoms with van der Waals surface area (Å²) in [6.45, 7) is 6.78. The van der Waals surface area contributed by atoms with E-state index in [1.807, 2.05) is 44.2 Å². The van der Waals surface area contributed by atoms with Crippen molar-refractivity contribution in [3.63, 3.8) is 0 Å². The lowest BCUT2D eigenvalue weighted by atomic mass is 10.0. The zero-order valence-corrected chi connectivity index (χ0v) is 19.6. The van der Waals surface area contributed by atoms with Crippen molar-refractivity contribution < 1.29 is 28.7 Å². The monoisotopic (exact) mass is 459 g/mol. The van der Waals surface area contributed by atoms with E-state index in [0.29, 0.717) is 12.9 Å². The molecule has 4 atom stereocenters. The minimum absolute atomic E-state index is 0.121. The average molecular weight is 460 g/mol. The molecule has 33 heavy (non-hydrogen) atoms. The second-order valence-electron chi connectivity index (χ2n) is 8.74. The molecule has 0 aromatic heterocycles. The maximum Gasteiger partial charge on any atom is 0.246 e. The molecule has 0 saturated carbocycles. The molecule has 1 aliphatic rings. The first-order chi connectivity index (χ1) is 15.6. The van der Waals surface area contributed by atoms with Crippen molar-refractivity contribution in [2.75, 3.05) is 6.54 Å². The first-order valence-corrected chi connectivity index (χ1v) is 11.1. The Hall–Kier alpha value is -3.07. The smallest absolute Gasteiger partial charge is 0.246 e. The third-order valence-electron chi connectivity index (χ3n) is 5.47. The third kappa shape index (κ3) is 7.78. The van der Waals surface area contributed by atoms with Crippen LogP contribution in [-0.2, 0) is 35.3 Å². The highest BCUT2D eigenvalue weighted by Gasteiger charge is 2.43. The number of hydrogen-bond acceptors (Lipinski definition) is 6. The van der Waals surface area contributed by atoms with Crippen LogP contribution in [-0.4, -0.2) is 65.5 Å². The van der Waals surface area contributed by atoms with Crippen LogP contribution in [0.25, 0.3) is 0 Å². The summed E-state index contributed by atoms with van der Waals surface area (Å²) in [5.74, 6) is -1.70. The fourth-order valence-electron chi connectivity index (χ4n) is 3.83. The molecule has 1 aromatic rings. The minimum Gasteiger partial charge on any atom is -0.372 e. The van der Waals surface area contributed by atoms with Crippen LogP contribution in [0.5, 0.6) is 0 Å². The number of ketones is 1. The fraction of sp³-hybridized carbons (Fsp3) is 0.542. The second-order valence-corrected chi connectivity index (χ2v) is 8.74. The summed E-state index contributed by atoms with van der Waals surface area (Å²) in [7, 11) is 0. The van der Waals surface area contributed by atoms with Crippen molar-refractivity contribution >= 4 is 29.8 Å². The van der Waals surface area contributed by atoms with Crippen LogP contribution in [0.1, 0.15) is 46.1 Å². The topological polar surface area (TPSA) is 122 Å². The molecule has 1 saturated heterocycles. The first-order valence-electron chi connectivity index (χ1n) is 11.1. The number of nitrogens with one attached hydrogen (secondary N) is 2. The standard InChI is InChI=1S/C24H33N3O6/c1-15(2)22(25-17(4)30)24(32)27-12-20(33-14-18-8-6-5-7-9-18)11-21(27)23(31)26-19(13-28)10-16(3)29/h5-9,13,15,19-22H,10-12,14H2,1-4H3,(H,25,30)(H,26,31)/t19-,20+,21-,22-/m0/s1.